The monoisotopic (exact) mass is 484 g/mol. The van der Waals surface area contributed by atoms with Gasteiger partial charge < -0.3 is 15.4 Å². The van der Waals surface area contributed by atoms with Crippen LogP contribution in [0.2, 0.25) is 0 Å². The van der Waals surface area contributed by atoms with E-state index in [-0.39, 0.29) is 5.91 Å². The van der Waals surface area contributed by atoms with Crippen LogP contribution in [-0.4, -0.2) is 29.6 Å². The minimum absolute atomic E-state index is 0.0895. The van der Waals surface area contributed by atoms with Crippen molar-refractivity contribution in [3.05, 3.63) is 89.5 Å². The van der Waals surface area contributed by atoms with Crippen molar-refractivity contribution in [2.24, 2.45) is 0 Å². The summed E-state index contributed by atoms with van der Waals surface area (Å²) in [6.07, 6.45) is 3.94. The van der Waals surface area contributed by atoms with Crippen LogP contribution in [0.5, 0.6) is 0 Å². The lowest BCUT2D eigenvalue weighted by atomic mass is 9.99. The molecule has 1 amide bonds. The molecule has 3 aromatic carbocycles. The summed E-state index contributed by atoms with van der Waals surface area (Å²) in [7, 11) is 0. The fourth-order valence-corrected chi connectivity index (χ4v) is 5.17. The summed E-state index contributed by atoms with van der Waals surface area (Å²) in [5, 5.41) is 6.63. The highest BCUT2D eigenvalue weighted by atomic mass is 32.2. The van der Waals surface area contributed by atoms with E-state index in [4.69, 9.17) is 0 Å². The van der Waals surface area contributed by atoms with E-state index in [1.54, 1.807) is 11.9 Å². The molecule has 1 fully saturated rings. The van der Waals surface area contributed by atoms with E-state index in [9.17, 15) is 4.79 Å². The Hall–Kier alpha value is -3.22. The van der Waals surface area contributed by atoms with Crippen molar-refractivity contribution < 1.29 is 4.79 Å². The second-order valence-corrected chi connectivity index (χ2v) is 10.1. The smallest absolute Gasteiger partial charge is 0.258 e. The first-order valence-corrected chi connectivity index (χ1v) is 13.4. The molecule has 0 aromatic heterocycles. The summed E-state index contributed by atoms with van der Waals surface area (Å²) in [6, 6.07) is 24.7. The molecule has 3 aromatic rings. The lowest BCUT2D eigenvalue weighted by Gasteiger charge is -2.26. The molecule has 180 valence electrons. The zero-order valence-electron chi connectivity index (χ0n) is 20.1. The molecule has 0 unspecified atom stereocenters. The van der Waals surface area contributed by atoms with E-state index < -0.39 is 0 Å². The normalized spacial score (nSPS) is 17.0. The Balaban J connectivity index is 1.47. The summed E-state index contributed by atoms with van der Waals surface area (Å²) in [5.41, 5.74) is 7.46. The molecule has 0 spiro atoms. The molecular weight excluding hydrogens is 452 g/mol. The van der Waals surface area contributed by atoms with Gasteiger partial charge in [-0.25, -0.2) is 0 Å². The molecule has 2 aliphatic heterocycles. The summed E-state index contributed by atoms with van der Waals surface area (Å²) in [4.78, 5) is 15.7. The average molecular weight is 485 g/mol. The highest BCUT2D eigenvalue weighted by molar-refractivity contribution is 8.00. The number of nitrogens with zero attached hydrogens (tertiary/aromatic N) is 1. The van der Waals surface area contributed by atoms with Gasteiger partial charge in [-0.3, -0.25) is 9.69 Å². The number of hydrogen-bond acceptors (Lipinski definition) is 5. The number of fused-ring (bicyclic) bond motifs is 1. The standard InChI is InChI=1S/C29H32N4OS/c1-2-35-32-24-15-16-26-25(19-24)27(29(34)31-26)28(22-9-5-3-6-10-22)30-23-13-11-21(12-14-23)20-33-17-7-4-8-18-33/h3,5-6,9-16,19,30,32H,2,4,7-8,17-18,20H2,1H3,(H,31,34)/b28-27-. The molecule has 0 atom stereocenters. The molecular formula is C29H32N4OS. The predicted octanol–water partition coefficient (Wildman–Crippen LogP) is 6.69. The van der Waals surface area contributed by atoms with Crippen LogP contribution in [0.15, 0.2) is 72.8 Å². The topological polar surface area (TPSA) is 56.4 Å². The summed E-state index contributed by atoms with van der Waals surface area (Å²) >= 11 is 1.64. The second-order valence-electron chi connectivity index (χ2n) is 9.02. The molecule has 35 heavy (non-hydrogen) atoms. The third kappa shape index (κ3) is 5.55. The van der Waals surface area contributed by atoms with Gasteiger partial charge in [0, 0.05) is 34.9 Å². The number of anilines is 3. The van der Waals surface area contributed by atoms with Crippen LogP contribution in [-0.2, 0) is 11.3 Å². The van der Waals surface area contributed by atoms with Gasteiger partial charge in [0.05, 0.1) is 11.3 Å². The van der Waals surface area contributed by atoms with Crippen molar-refractivity contribution in [2.75, 3.05) is 34.2 Å². The fraction of sp³-hybridized carbons (Fsp3) is 0.276. The first kappa shape index (κ1) is 23.5. The number of nitrogens with one attached hydrogen (secondary N) is 3. The van der Waals surface area contributed by atoms with Gasteiger partial charge in [0.25, 0.3) is 5.91 Å². The number of hydrogen-bond donors (Lipinski definition) is 3. The van der Waals surface area contributed by atoms with E-state index in [1.165, 1.54) is 37.9 Å². The molecule has 5 rings (SSSR count). The highest BCUT2D eigenvalue weighted by Crippen LogP contribution is 2.39. The van der Waals surface area contributed by atoms with Gasteiger partial charge in [0.1, 0.15) is 0 Å². The Labute approximate surface area is 212 Å². The maximum Gasteiger partial charge on any atom is 0.258 e. The van der Waals surface area contributed by atoms with Crippen LogP contribution >= 0.6 is 11.9 Å². The van der Waals surface area contributed by atoms with Gasteiger partial charge in [-0.2, -0.15) is 0 Å². The van der Waals surface area contributed by atoms with Crippen molar-refractivity contribution in [1.29, 1.82) is 0 Å². The number of carbonyl (C=O) groups excluding carboxylic acids is 1. The number of rotatable bonds is 8. The zero-order chi connectivity index (χ0) is 24.0. The number of piperidine rings is 1. The summed E-state index contributed by atoms with van der Waals surface area (Å²) in [5.74, 6) is 0.870. The van der Waals surface area contributed by atoms with Crippen molar-refractivity contribution in [2.45, 2.75) is 32.7 Å². The first-order valence-electron chi connectivity index (χ1n) is 12.4. The Kier molecular flexibility index (Phi) is 7.40. The molecule has 0 radical (unpaired) electrons. The lowest BCUT2D eigenvalue weighted by Crippen LogP contribution is -2.29. The molecule has 3 N–H and O–H groups in total. The van der Waals surface area contributed by atoms with Crippen molar-refractivity contribution >= 4 is 46.2 Å². The Morgan fingerprint density at radius 3 is 2.43 bits per heavy atom. The first-order chi connectivity index (χ1) is 17.2. The number of amides is 1. The van der Waals surface area contributed by atoms with Gasteiger partial charge in [0.2, 0.25) is 0 Å². The third-order valence-electron chi connectivity index (χ3n) is 6.49. The summed E-state index contributed by atoms with van der Waals surface area (Å²) in [6.45, 7) is 5.48. The van der Waals surface area contributed by atoms with Crippen molar-refractivity contribution in [3.8, 4) is 0 Å². The largest absolute Gasteiger partial charge is 0.354 e. The second kappa shape index (κ2) is 11.0. The molecule has 5 nitrogen and oxygen atoms in total. The van der Waals surface area contributed by atoms with Gasteiger partial charge >= 0.3 is 0 Å². The Morgan fingerprint density at radius 1 is 0.943 bits per heavy atom. The minimum atomic E-state index is -0.0895. The predicted molar refractivity (Wildman–Crippen MR) is 149 cm³/mol. The maximum absolute atomic E-state index is 13.2. The van der Waals surface area contributed by atoms with E-state index in [2.05, 4.69) is 57.5 Å². The molecule has 0 bridgehead atoms. The molecule has 6 heteroatoms. The van der Waals surface area contributed by atoms with E-state index >= 15 is 0 Å². The van der Waals surface area contributed by atoms with Crippen LogP contribution in [0, 0.1) is 0 Å². The Morgan fingerprint density at radius 2 is 1.69 bits per heavy atom. The van der Waals surface area contributed by atoms with Crippen molar-refractivity contribution in [3.63, 3.8) is 0 Å². The minimum Gasteiger partial charge on any atom is -0.354 e. The van der Waals surface area contributed by atoms with Crippen LogP contribution in [0.4, 0.5) is 17.1 Å². The van der Waals surface area contributed by atoms with E-state index in [0.717, 1.165) is 46.2 Å². The third-order valence-corrected chi connectivity index (χ3v) is 7.16. The zero-order valence-corrected chi connectivity index (χ0v) is 21.0. The molecule has 0 aliphatic carbocycles. The van der Waals surface area contributed by atoms with Gasteiger partial charge in [-0.05, 0) is 67.4 Å². The number of likely N-dealkylation sites (tertiary alicyclic amines) is 1. The number of carbonyl (C=O) groups is 1. The SMILES string of the molecule is CCSNc1ccc2c(c1)/C(=C(/Nc1ccc(CN3CCCCC3)cc1)c1ccccc1)C(=O)N2. The number of benzene rings is 3. The molecule has 1 saturated heterocycles. The quantitative estimate of drug-likeness (QED) is 0.246. The highest BCUT2D eigenvalue weighted by Gasteiger charge is 2.29. The van der Waals surface area contributed by atoms with Gasteiger partial charge in [-0.1, -0.05) is 67.8 Å². The van der Waals surface area contributed by atoms with Crippen LogP contribution in [0.3, 0.4) is 0 Å². The molecule has 2 aliphatic rings. The van der Waals surface area contributed by atoms with E-state index in [1.807, 2.05) is 42.5 Å². The summed E-state index contributed by atoms with van der Waals surface area (Å²) < 4.78 is 3.36. The lowest BCUT2D eigenvalue weighted by molar-refractivity contribution is -0.110. The molecule has 2 heterocycles. The van der Waals surface area contributed by atoms with Crippen LogP contribution in [0.25, 0.3) is 11.3 Å². The maximum atomic E-state index is 13.2. The van der Waals surface area contributed by atoms with E-state index in [0.29, 0.717) is 5.57 Å². The van der Waals surface area contributed by atoms with Crippen LogP contribution < -0.4 is 15.4 Å². The fourth-order valence-electron chi connectivity index (χ4n) is 4.73. The van der Waals surface area contributed by atoms with Gasteiger partial charge in [0.15, 0.2) is 0 Å². The van der Waals surface area contributed by atoms with Crippen molar-refractivity contribution in [1.82, 2.24) is 4.90 Å². The average Bonchev–Trinajstić information content (AvgIpc) is 3.23. The molecule has 0 saturated carbocycles. The van der Waals surface area contributed by atoms with Crippen LogP contribution in [0.1, 0.15) is 42.9 Å². The Bertz CT molecular complexity index is 1200. The van der Waals surface area contributed by atoms with Gasteiger partial charge in [-0.15, -0.1) is 0 Å².